The van der Waals surface area contributed by atoms with Crippen molar-refractivity contribution in [3.63, 3.8) is 0 Å². The molecule has 0 bridgehead atoms. The number of likely N-dealkylation sites (tertiary alicyclic amines) is 1. The Morgan fingerprint density at radius 2 is 2.32 bits per heavy atom. The maximum absolute atomic E-state index is 12.4. The molecular formula is C15H22N2O2. The van der Waals surface area contributed by atoms with Crippen molar-refractivity contribution in [1.82, 2.24) is 4.90 Å². The summed E-state index contributed by atoms with van der Waals surface area (Å²) in [7, 11) is 1.63. The van der Waals surface area contributed by atoms with E-state index in [1.54, 1.807) is 7.11 Å². The van der Waals surface area contributed by atoms with E-state index in [0.717, 1.165) is 30.7 Å². The molecule has 4 heteroatoms. The van der Waals surface area contributed by atoms with Gasteiger partial charge in [0, 0.05) is 13.1 Å². The van der Waals surface area contributed by atoms with Gasteiger partial charge in [0.25, 0.3) is 0 Å². The summed E-state index contributed by atoms with van der Waals surface area (Å²) >= 11 is 0. The van der Waals surface area contributed by atoms with E-state index in [-0.39, 0.29) is 11.4 Å². The molecule has 0 saturated carbocycles. The van der Waals surface area contributed by atoms with E-state index in [2.05, 4.69) is 6.92 Å². The normalized spacial score (nSPS) is 22.6. The van der Waals surface area contributed by atoms with Crippen LogP contribution >= 0.6 is 0 Å². The van der Waals surface area contributed by atoms with Crippen molar-refractivity contribution in [2.45, 2.75) is 31.7 Å². The van der Waals surface area contributed by atoms with E-state index in [4.69, 9.17) is 10.5 Å². The first-order valence-corrected chi connectivity index (χ1v) is 6.72. The van der Waals surface area contributed by atoms with Gasteiger partial charge < -0.3 is 15.4 Å². The summed E-state index contributed by atoms with van der Waals surface area (Å²) in [6.07, 6.45) is 2.44. The third kappa shape index (κ3) is 2.89. The van der Waals surface area contributed by atoms with Crippen molar-refractivity contribution < 1.29 is 9.53 Å². The van der Waals surface area contributed by atoms with Crippen LogP contribution in [0.2, 0.25) is 0 Å². The lowest BCUT2D eigenvalue weighted by atomic mass is 9.98. The molecule has 1 amide bonds. The van der Waals surface area contributed by atoms with Gasteiger partial charge in [-0.05, 0) is 37.5 Å². The smallest absolute Gasteiger partial charge is 0.227 e. The van der Waals surface area contributed by atoms with Crippen LogP contribution in [0.4, 0.5) is 0 Å². The number of methoxy groups -OCH3 is 1. The van der Waals surface area contributed by atoms with Crippen LogP contribution < -0.4 is 10.5 Å². The van der Waals surface area contributed by atoms with Crippen molar-refractivity contribution >= 4 is 5.91 Å². The van der Waals surface area contributed by atoms with Crippen LogP contribution in [0.3, 0.4) is 0 Å². The third-order valence-corrected chi connectivity index (χ3v) is 3.98. The molecule has 1 unspecified atom stereocenters. The minimum absolute atomic E-state index is 0.152. The summed E-state index contributed by atoms with van der Waals surface area (Å²) in [4.78, 5) is 14.4. The van der Waals surface area contributed by atoms with Gasteiger partial charge >= 0.3 is 0 Å². The highest BCUT2D eigenvalue weighted by molar-refractivity contribution is 5.80. The van der Waals surface area contributed by atoms with Crippen LogP contribution in [-0.2, 0) is 11.2 Å². The number of amides is 1. The predicted molar refractivity (Wildman–Crippen MR) is 75.1 cm³/mol. The average molecular weight is 262 g/mol. The van der Waals surface area contributed by atoms with Gasteiger partial charge in [-0.15, -0.1) is 0 Å². The van der Waals surface area contributed by atoms with Gasteiger partial charge in [0.2, 0.25) is 5.91 Å². The number of carbonyl (C=O) groups excluding carboxylic acids is 1. The van der Waals surface area contributed by atoms with Crippen LogP contribution in [0.15, 0.2) is 24.3 Å². The van der Waals surface area contributed by atoms with Crippen LogP contribution in [-0.4, -0.2) is 36.5 Å². The number of benzene rings is 1. The Labute approximate surface area is 114 Å². The predicted octanol–water partition coefficient (Wildman–Crippen LogP) is 1.58. The quantitative estimate of drug-likeness (QED) is 0.896. The van der Waals surface area contributed by atoms with E-state index < -0.39 is 0 Å². The highest BCUT2D eigenvalue weighted by Gasteiger charge is 2.38. The molecule has 1 saturated heterocycles. The van der Waals surface area contributed by atoms with Gasteiger partial charge in [0.15, 0.2) is 0 Å². The van der Waals surface area contributed by atoms with Gasteiger partial charge in [0.1, 0.15) is 5.75 Å². The fourth-order valence-corrected chi connectivity index (χ4v) is 2.71. The molecule has 2 rings (SSSR count). The largest absolute Gasteiger partial charge is 0.497 e. The number of hydrogen-bond donors (Lipinski definition) is 1. The molecule has 2 N–H and O–H groups in total. The zero-order valence-electron chi connectivity index (χ0n) is 11.7. The number of nitrogens with zero attached hydrogens (tertiary/aromatic N) is 1. The minimum Gasteiger partial charge on any atom is -0.497 e. The molecule has 1 heterocycles. The summed E-state index contributed by atoms with van der Waals surface area (Å²) < 4.78 is 5.18. The van der Waals surface area contributed by atoms with Crippen LogP contribution in [0.25, 0.3) is 0 Å². The molecule has 1 aliphatic rings. The maximum atomic E-state index is 12.4. The lowest BCUT2D eigenvalue weighted by Crippen LogP contribution is -2.50. The van der Waals surface area contributed by atoms with Crippen molar-refractivity contribution in [2.75, 3.05) is 20.2 Å². The van der Waals surface area contributed by atoms with E-state index >= 15 is 0 Å². The van der Waals surface area contributed by atoms with Gasteiger partial charge in [-0.1, -0.05) is 12.1 Å². The minimum atomic E-state index is -0.171. The van der Waals surface area contributed by atoms with Gasteiger partial charge in [-0.2, -0.15) is 0 Å². The molecule has 19 heavy (non-hydrogen) atoms. The molecular weight excluding hydrogens is 240 g/mol. The molecule has 1 aromatic rings. The van der Waals surface area contributed by atoms with Gasteiger partial charge in [-0.25, -0.2) is 0 Å². The Morgan fingerprint density at radius 1 is 1.53 bits per heavy atom. The molecule has 0 aromatic heterocycles. The maximum Gasteiger partial charge on any atom is 0.227 e. The van der Waals surface area contributed by atoms with Crippen LogP contribution in [0.1, 0.15) is 25.3 Å². The van der Waals surface area contributed by atoms with Gasteiger partial charge in [-0.3, -0.25) is 4.79 Å². The van der Waals surface area contributed by atoms with Crippen LogP contribution in [0, 0.1) is 0 Å². The summed E-state index contributed by atoms with van der Waals surface area (Å²) in [5, 5.41) is 0. The number of carbonyl (C=O) groups is 1. The number of hydrogen-bond acceptors (Lipinski definition) is 3. The third-order valence-electron chi connectivity index (χ3n) is 3.98. The Bertz CT molecular complexity index is 461. The average Bonchev–Trinajstić information content (AvgIpc) is 2.82. The molecule has 4 nitrogen and oxygen atoms in total. The van der Waals surface area contributed by atoms with Crippen molar-refractivity contribution in [3.05, 3.63) is 29.8 Å². The SMILES string of the molecule is COc1cccc(CC(=O)N2CCCC2(C)CN)c1. The van der Waals surface area contributed by atoms with Crippen molar-refractivity contribution in [3.8, 4) is 5.75 Å². The monoisotopic (exact) mass is 262 g/mol. The van der Waals surface area contributed by atoms with Crippen molar-refractivity contribution in [1.29, 1.82) is 0 Å². The highest BCUT2D eigenvalue weighted by Crippen LogP contribution is 2.28. The fourth-order valence-electron chi connectivity index (χ4n) is 2.71. The first kappa shape index (κ1) is 13.9. The Hall–Kier alpha value is -1.55. The summed E-state index contributed by atoms with van der Waals surface area (Å²) in [6, 6.07) is 7.66. The van der Waals surface area contributed by atoms with E-state index in [1.165, 1.54) is 0 Å². The summed E-state index contributed by atoms with van der Waals surface area (Å²) in [6.45, 7) is 3.41. The first-order chi connectivity index (χ1) is 9.09. The molecule has 1 atom stereocenters. The lowest BCUT2D eigenvalue weighted by Gasteiger charge is -2.34. The summed E-state index contributed by atoms with van der Waals surface area (Å²) in [5.74, 6) is 0.937. The van der Waals surface area contributed by atoms with E-state index in [9.17, 15) is 4.79 Å². The molecule has 0 spiro atoms. The van der Waals surface area contributed by atoms with Gasteiger partial charge in [0.05, 0.1) is 19.1 Å². The molecule has 104 valence electrons. The zero-order valence-corrected chi connectivity index (χ0v) is 11.7. The van der Waals surface area contributed by atoms with Crippen LogP contribution in [0.5, 0.6) is 5.75 Å². The second-order valence-electron chi connectivity index (χ2n) is 5.38. The van der Waals surface area contributed by atoms with E-state index in [1.807, 2.05) is 29.2 Å². The standard InChI is InChI=1S/C15H22N2O2/c1-15(11-16)7-4-8-17(15)14(18)10-12-5-3-6-13(9-12)19-2/h3,5-6,9H,4,7-8,10-11,16H2,1-2H3. The summed E-state index contributed by atoms with van der Waals surface area (Å²) in [5.41, 5.74) is 6.63. The molecule has 1 fully saturated rings. The Kier molecular flexibility index (Phi) is 4.10. The topological polar surface area (TPSA) is 55.6 Å². The van der Waals surface area contributed by atoms with Crippen molar-refractivity contribution in [2.24, 2.45) is 5.73 Å². The highest BCUT2D eigenvalue weighted by atomic mass is 16.5. The second-order valence-corrected chi connectivity index (χ2v) is 5.38. The zero-order chi connectivity index (χ0) is 13.9. The fraction of sp³-hybridized carbons (Fsp3) is 0.533. The first-order valence-electron chi connectivity index (χ1n) is 6.72. The molecule has 0 aliphatic carbocycles. The molecule has 1 aliphatic heterocycles. The Morgan fingerprint density at radius 3 is 3.00 bits per heavy atom. The molecule has 1 aromatic carbocycles. The number of nitrogens with two attached hydrogens (primary N) is 1. The van der Waals surface area contributed by atoms with E-state index in [0.29, 0.717) is 13.0 Å². The number of ether oxygens (including phenoxy) is 1. The number of rotatable bonds is 4. The Balaban J connectivity index is 2.08. The lowest BCUT2D eigenvalue weighted by molar-refractivity contribution is -0.133. The second kappa shape index (κ2) is 5.61. The molecule has 0 radical (unpaired) electrons.